The second-order valence-corrected chi connectivity index (χ2v) is 8.18. The van der Waals surface area contributed by atoms with Gasteiger partial charge in [-0.1, -0.05) is 12.1 Å². The molecule has 2 heterocycles. The van der Waals surface area contributed by atoms with E-state index in [9.17, 15) is 14.0 Å². The Morgan fingerprint density at radius 2 is 1.88 bits per heavy atom. The largest absolute Gasteiger partial charge is 0.493 e. The highest BCUT2D eigenvalue weighted by atomic mass is 32.1. The van der Waals surface area contributed by atoms with E-state index in [2.05, 4.69) is 10.3 Å². The zero-order valence-corrected chi connectivity index (χ0v) is 19.1. The fourth-order valence-electron chi connectivity index (χ4n) is 3.67. The third-order valence-corrected chi connectivity index (χ3v) is 6.07. The van der Waals surface area contributed by atoms with Crippen LogP contribution in [0.3, 0.4) is 0 Å². The molecule has 172 valence electrons. The van der Waals surface area contributed by atoms with Crippen molar-refractivity contribution in [3.05, 3.63) is 47.6 Å². The third-order valence-electron chi connectivity index (χ3n) is 5.31. The predicted octanol–water partition coefficient (Wildman–Crippen LogP) is 3.97. The van der Waals surface area contributed by atoms with Gasteiger partial charge in [-0.3, -0.25) is 9.59 Å². The molecule has 2 amide bonds. The molecule has 33 heavy (non-hydrogen) atoms. The molecule has 1 atom stereocenters. The lowest BCUT2D eigenvalue weighted by Gasteiger charge is -2.20. The van der Waals surface area contributed by atoms with E-state index >= 15 is 0 Å². The van der Waals surface area contributed by atoms with E-state index in [1.165, 1.54) is 49.7 Å². The summed E-state index contributed by atoms with van der Waals surface area (Å²) >= 11 is 1.24. The maximum absolute atomic E-state index is 13.5. The number of benzene rings is 2. The Morgan fingerprint density at radius 3 is 2.52 bits per heavy atom. The van der Waals surface area contributed by atoms with Gasteiger partial charge >= 0.3 is 0 Å². The van der Waals surface area contributed by atoms with Crippen LogP contribution < -0.4 is 24.4 Å². The summed E-state index contributed by atoms with van der Waals surface area (Å²) in [6, 6.07) is 9.43. The average Bonchev–Trinajstić information content (AvgIpc) is 3.44. The molecule has 8 nitrogen and oxygen atoms in total. The summed E-state index contributed by atoms with van der Waals surface area (Å²) in [4.78, 5) is 31.4. The van der Waals surface area contributed by atoms with Gasteiger partial charge in [0.15, 0.2) is 16.6 Å². The van der Waals surface area contributed by atoms with Gasteiger partial charge < -0.3 is 24.4 Å². The van der Waals surface area contributed by atoms with Crippen LogP contribution in [0.5, 0.6) is 17.2 Å². The second kappa shape index (κ2) is 9.45. The van der Waals surface area contributed by atoms with Gasteiger partial charge in [0, 0.05) is 36.0 Å². The number of nitrogens with zero attached hydrogens (tertiary/aromatic N) is 2. The summed E-state index contributed by atoms with van der Waals surface area (Å²) in [5.41, 5.74) is 1.74. The Kier molecular flexibility index (Phi) is 6.45. The number of aromatic nitrogens is 1. The lowest BCUT2D eigenvalue weighted by atomic mass is 10.1. The van der Waals surface area contributed by atoms with Crippen molar-refractivity contribution in [2.75, 3.05) is 38.1 Å². The van der Waals surface area contributed by atoms with Gasteiger partial charge in [0.25, 0.3) is 0 Å². The molecule has 0 spiro atoms. The Bertz CT molecular complexity index is 1170. The van der Waals surface area contributed by atoms with Crippen LogP contribution in [0.15, 0.2) is 41.8 Å². The van der Waals surface area contributed by atoms with Crippen LogP contribution in [-0.2, 0) is 9.59 Å². The number of anilines is 2. The first-order chi connectivity index (χ1) is 15.9. The highest BCUT2D eigenvalue weighted by Gasteiger charge is 2.36. The van der Waals surface area contributed by atoms with Gasteiger partial charge in [0.05, 0.1) is 38.6 Å². The van der Waals surface area contributed by atoms with Crippen molar-refractivity contribution in [2.45, 2.75) is 6.42 Å². The van der Waals surface area contributed by atoms with E-state index in [-0.39, 0.29) is 30.6 Å². The Balaban J connectivity index is 1.48. The normalized spacial score (nSPS) is 15.5. The highest BCUT2D eigenvalue weighted by Crippen LogP contribution is 2.42. The van der Waals surface area contributed by atoms with Crippen LogP contribution in [0.25, 0.3) is 11.3 Å². The summed E-state index contributed by atoms with van der Waals surface area (Å²) < 4.78 is 29.5. The van der Waals surface area contributed by atoms with E-state index in [1.54, 1.807) is 29.6 Å². The van der Waals surface area contributed by atoms with Crippen LogP contribution in [0.2, 0.25) is 0 Å². The van der Waals surface area contributed by atoms with E-state index in [4.69, 9.17) is 14.2 Å². The Hall–Kier alpha value is -3.66. The molecule has 1 saturated heterocycles. The number of rotatable bonds is 7. The van der Waals surface area contributed by atoms with E-state index in [0.717, 1.165) is 0 Å². The number of carbonyl (C=O) groups excluding carboxylic acids is 2. The number of amides is 2. The molecule has 3 aromatic rings. The Labute approximate surface area is 193 Å². The smallest absolute Gasteiger partial charge is 0.231 e. The average molecular weight is 472 g/mol. The zero-order chi connectivity index (χ0) is 23.5. The SMILES string of the molecule is COc1cc(N2CC(C(=O)Nc3nc(-c4cccc(F)c4)cs3)CC2=O)cc(OC)c1OC. The predicted molar refractivity (Wildman–Crippen MR) is 123 cm³/mol. The summed E-state index contributed by atoms with van der Waals surface area (Å²) in [5.74, 6) is -0.161. The van der Waals surface area contributed by atoms with Gasteiger partial charge in [-0.05, 0) is 12.1 Å². The van der Waals surface area contributed by atoms with Crippen molar-refractivity contribution < 1.29 is 28.2 Å². The molecular weight excluding hydrogens is 449 g/mol. The summed E-state index contributed by atoms with van der Waals surface area (Å²) in [6.45, 7) is 0.200. The van der Waals surface area contributed by atoms with E-state index < -0.39 is 5.92 Å². The minimum absolute atomic E-state index is 0.0601. The minimum Gasteiger partial charge on any atom is -0.493 e. The van der Waals surface area contributed by atoms with Crippen LogP contribution in [0.4, 0.5) is 15.2 Å². The standard InChI is InChI=1S/C23H22FN3O5S/c1-30-18-9-16(10-19(31-2)21(18)32-3)27-11-14(8-20(27)28)22(29)26-23-25-17(12-33-23)13-5-4-6-15(24)7-13/h4-7,9-10,12,14H,8,11H2,1-3H3,(H,25,26,29). The van der Waals surface area contributed by atoms with Gasteiger partial charge in [-0.2, -0.15) is 0 Å². The molecule has 1 aliphatic rings. The molecule has 1 aromatic heterocycles. The van der Waals surface area contributed by atoms with Gasteiger partial charge in [0.1, 0.15) is 5.82 Å². The number of halogens is 1. The number of nitrogens with one attached hydrogen (secondary N) is 1. The number of thiazole rings is 1. The first-order valence-electron chi connectivity index (χ1n) is 10.1. The molecular formula is C23H22FN3O5S. The molecule has 10 heteroatoms. The highest BCUT2D eigenvalue weighted by molar-refractivity contribution is 7.14. The van der Waals surface area contributed by atoms with Crippen molar-refractivity contribution in [1.82, 2.24) is 4.98 Å². The van der Waals surface area contributed by atoms with Crippen molar-refractivity contribution in [3.8, 4) is 28.5 Å². The molecule has 4 rings (SSSR count). The topological polar surface area (TPSA) is 90.0 Å². The van der Waals surface area contributed by atoms with Gasteiger partial charge in [-0.25, -0.2) is 9.37 Å². The van der Waals surface area contributed by atoms with Crippen LogP contribution >= 0.6 is 11.3 Å². The summed E-state index contributed by atoms with van der Waals surface area (Å²) in [7, 11) is 4.49. The number of carbonyl (C=O) groups is 2. The fraction of sp³-hybridized carbons (Fsp3) is 0.261. The molecule has 0 radical (unpaired) electrons. The Morgan fingerprint density at radius 1 is 1.15 bits per heavy atom. The first kappa shape index (κ1) is 22.5. The number of ether oxygens (including phenoxy) is 3. The van der Waals surface area contributed by atoms with Crippen LogP contribution in [-0.4, -0.2) is 44.7 Å². The van der Waals surface area contributed by atoms with Crippen LogP contribution in [0.1, 0.15) is 6.42 Å². The maximum Gasteiger partial charge on any atom is 0.231 e. The molecule has 1 unspecified atom stereocenters. The second-order valence-electron chi connectivity index (χ2n) is 7.33. The molecule has 1 N–H and O–H groups in total. The third kappa shape index (κ3) is 4.61. The number of hydrogen-bond acceptors (Lipinski definition) is 7. The molecule has 0 saturated carbocycles. The lowest BCUT2D eigenvalue weighted by molar-refractivity contribution is -0.122. The van der Waals surface area contributed by atoms with Gasteiger partial charge in [-0.15, -0.1) is 11.3 Å². The fourth-order valence-corrected chi connectivity index (χ4v) is 4.40. The van der Waals surface area contributed by atoms with Crippen molar-refractivity contribution in [2.24, 2.45) is 5.92 Å². The minimum atomic E-state index is -0.557. The molecule has 1 aliphatic heterocycles. The summed E-state index contributed by atoms with van der Waals surface area (Å²) in [5, 5.41) is 4.90. The van der Waals surface area contributed by atoms with Crippen LogP contribution in [0, 0.1) is 11.7 Å². The quantitative estimate of drug-likeness (QED) is 0.561. The first-order valence-corrected chi connectivity index (χ1v) is 10.9. The zero-order valence-electron chi connectivity index (χ0n) is 18.3. The van der Waals surface area contributed by atoms with Crippen molar-refractivity contribution in [1.29, 1.82) is 0 Å². The monoisotopic (exact) mass is 471 g/mol. The van der Waals surface area contributed by atoms with E-state index in [0.29, 0.717) is 39.3 Å². The molecule has 1 fully saturated rings. The molecule has 0 aliphatic carbocycles. The summed E-state index contributed by atoms with van der Waals surface area (Å²) in [6.07, 6.45) is 0.0601. The number of methoxy groups -OCH3 is 3. The van der Waals surface area contributed by atoms with Crippen molar-refractivity contribution >= 4 is 34.0 Å². The number of hydrogen-bond donors (Lipinski definition) is 1. The van der Waals surface area contributed by atoms with Gasteiger partial charge in [0.2, 0.25) is 17.6 Å². The molecule has 2 aromatic carbocycles. The maximum atomic E-state index is 13.5. The molecule has 0 bridgehead atoms. The van der Waals surface area contributed by atoms with E-state index in [1.807, 2.05) is 0 Å². The van der Waals surface area contributed by atoms with Crippen molar-refractivity contribution in [3.63, 3.8) is 0 Å². The lowest BCUT2D eigenvalue weighted by Crippen LogP contribution is -2.28.